The molecule has 1 N–H and O–H groups in total. The average Bonchev–Trinajstić information content (AvgIpc) is 2.46. The number of aliphatic hydroxyl groups excluding tert-OH is 1. The van der Waals surface area contributed by atoms with Crippen LogP contribution in [-0.2, 0) is 17.1 Å². The summed E-state index contributed by atoms with van der Waals surface area (Å²) in [6, 6.07) is 1.56. The van der Waals surface area contributed by atoms with Crippen molar-refractivity contribution in [2.24, 2.45) is 7.05 Å². The van der Waals surface area contributed by atoms with E-state index in [2.05, 4.69) is 0 Å². The summed E-state index contributed by atoms with van der Waals surface area (Å²) in [5, 5.41) is 9.02. The molecule has 2 heterocycles. The van der Waals surface area contributed by atoms with Gasteiger partial charge in [0.25, 0.3) is 0 Å². The molecule has 1 saturated heterocycles. The van der Waals surface area contributed by atoms with Gasteiger partial charge in [0.2, 0.25) is 10.0 Å². The van der Waals surface area contributed by atoms with Crippen molar-refractivity contribution >= 4 is 10.0 Å². The van der Waals surface area contributed by atoms with Crippen LogP contribution >= 0.6 is 0 Å². The summed E-state index contributed by atoms with van der Waals surface area (Å²) in [6.07, 6.45) is 2.73. The largest absolute Gasteiger partial charge is 0.390 e. The highest BCUT2D eigenvalue weighted by Gasteiger charge is 2.35. The zero-order valence-corrected chi connectivity index (χ0v) is 8.61. The number of β-amino-alcohol motifs (C(OH)–C–C–N with tert-alkyl or cyclic N) is 1. The van der Waals surface area contributed by atoms with E-state index in [1.807, 2.05) is 0 Å². The number of hydrogen-bond donors (Lipinski definition) is 1. The Balaban J connectivity index is 2.25. The molecule has 0 amide bonds. The number of aromatic nitrogens is 1. The Morgan fingerprint density at radius 2 is 2.14 bits per heavy atom. The predicted molar refractivity (Wildman–Crippen MR) is 50.2 cm³/mol. The Kier molecular flexibility index (Phi) is 2.13. The molecule has 0 unspecified atom stereocenters. The summed E-state index contributed by atoms with van der Waals surface area (Å²) in [5.74, 6) is 0. The van der Waals surface area contributed by atoms with Crippen LogP contribution in [0.2, 0.25) is 0 Å². The average molecular weight is 216 g/mol. The summed E-state index contributed by atoms with van der Waals surface area (Å²) >= 11 is 0. The van der Waals surface area contributed by atoms with E-state index in [-0.39, 0.29) is 18.0 Å². The van der Waals surface area contributed by atoms with Gasteiger partial charge in [-0.3, -0.25) is 0 Å². The number of rotatable bonds is 2. The molecule has 1 aliphatic rings. The van der Waals surface area contributed by atoms with Crippen LogP contribution < -0.4 is 0 Å². The van der Waals surface area contributed by atoms with Gasteiger partial charge in [0.1, 0.15) is 0 Å². The molecule has 0 bridgehead atoms. The second-order valence-electron chi connectivity index (χ2n) is 3.49. The van der Waals surface area contributed by atoms with Crippen LogP contribution in [0.25, 0.3) is 0 Å². The molecule has 0 atom stereocenters. The fourth-order valence-electron chi connectivity index (χ4n) is 1.39. The normalized spacial score (nSPS) is 19.6. The Morgan fingerprint density at radius 1 is 1.50 bits per heavy atom. The minimum atomic E-state index is -3.36. The van der Waals surface area contributed by atoms with Crippen molar-refractivity contribution in [3.8, 4) is 0 Å². The standard InChI is InChI=1S/C8H12N2O3S/c1-9-3-2-8(6-9)14(12,13)10-4-7(11)5-10/h2-3,6-7,11H,4-5H2,1H3. The van der Waals surface area contributed by atoms with Gasteiger partial charge in [-0.15, -0.1) is 0 Å². The van der Waals surface area contributed by atoms with Crippen LogP contribution in [0.3, 0.4) is 0 Å². The number of aryl methyl sites for hydroxylation is 1. The molecule has 1 aromatic rings. The SMILES string of the molecule is Cn1ccc(S(=O)(=O)N2CC(O)C2)c1. The van der Waals surface area contributed by atoms with Crippen molar-refractivity contribution in [1.82, 2.24) is 8.87 Å². The maximum Gasteiger partial charge on any atom is 0.244 e. The molecule has 0 saturated carbocycles. The monoisotopic (exact) mass is 216 g/mol. The second-order valence-corrected chi connectivity index (χ2v) is 5.43. The van der Waals surface area contributed by atoms with Crippen LogP contribution in [0.15, 0.2) is 23.4 Å². The summed E-state index contributed by atoms with van der Waals surface area (Å²) in [6.45, 7) is 0.411. The van der Waals surface area contributed by atoms with Crippen LogP contribution in [0.4, 0.5) is 0 Å². The van der Waals surface area contributed by atoms with Gasteiger partial charge in [0, 0.05) is 32.5 Å². The lowest BCUT2D eigenvalue weighted by Gasteiger charge is -2.34. The highest BCUT2D eigenvalue weighted by Crippen LogP contribution is 2.21. The number of nitrogens with zero attached hydrogens (tertiary/aromatic N) is 2. The summed E-state index contributed by atoms with van der Waals surface area (Å²) in [7, 11) is -1.59. The molecule has 6 heteroatoms. The van der Waals surface area contributed by atoms with Crippen LogP contribution in [0.5, 0.6) is 0 Å². The Hall–Kier alpha value is -0.850. The van der Waals surface area contributed by atoms with Gasteiger partial charge in [-0.2, -0.15) is 4.31 Å². The van der Waals surface area contributed by atoms with Gasteiger partial charge >= 0.3 is 0 Å². The maximum atomic E-state index is 11.8. The van der Waals surface area contributed by atoms with E-state index in [1.165, 1.54) is 4.31 Å². The summed E-state index contributed by atoms with van der Waals surface area (Å²) < 4.78 is 26.5. The van der Waals surface area contributed by atoms with Gasteiger partial charge in [-0.05, 0) is 6.07 Å². The predicted octanol–water partition coefficient (Wildman–Crippen LogP) is -0.610. The molecule has 0 aromatic carbocycles. The summed E-state index contributed by atoms with van der Waals surface area (Å²) in [5.41, 5.74) is 0. The lowest BCUT2D eigenvalue weighted by atomic mass is 10.2. The third-order valence-corrected chi connectivity index (χ3v) is 4.09. The minimum Gasteiger partial charge on any atom is -0.390 e. The van der Waals surface area contributed by atoms with Gasteiger partial charge < -0.3 is 9.67 Å². The molecule has 1 aliphatic heterocycles. The molecular weight excluding hydrogens is 204 g/mol. The van der Waals surface area contributed by atoms with E-state index in [4.69, 9.17) is 5.11 Å². The number of sulfonamides is 1. The zero-order valence-electron chi connectivity index (χ0n) is 7.79. The van der Waals surface area contributed by atoms with Gasteiger partial charge in [0.15, 0.2) is 0 Å². The van der Waals surface area contributed by atoms with Gasteiger partial charge in [-0.1, -0.05) is 0 Å². The number of hydrogen-bond acceptors (Lipinski definition) is 3. The molecule has 0 spiro atoms. The summed E-state index contributed by atoms with van der Waals surface area (Å²) in [4.78, 5) is 0.284. The highest BCUT2D eigenvalue weighted by atomic mass is 32.2. The first-order valence-corrected chi connectivity index (χ1v) is 5.74. The fourth-order valence-corrected chi connectivity index (χ4v) is 2.96. The third kappa shape index (κ3) is 1.45. The third-order valence-electron chi connectivity index (χ3n) is 2.27. The van der Waals surface area contributed by atoms with Crippen LogP contribution in [-0.4, -0.2) is 41.6 Å². The highest BCUT2D eigenvalue weighted by molar-refractivity contribution is 7.89. The molecule has 78 valence electrons. The lowest BCUT2D eigenvalue weighted by Crippen LogP contribution is -2.53. The zero-order chi connectivity index (χ0) is 10.3. The first-order valence-electron chi connectivity index (χ1n) is 4.30. The van der Waals surface area contributed by atoms with Crippen molar-refractivity contribution in [3.63, 3.8) is 0 Å². The van der Waals surface area contributed by atoms with Crippen LogP contribution in [0.1, 0.15) is 0 Å². The van der Waals surface area contributed by atoms with Crippen LogP contribution in [0, 0.1) is 0 Å². The molecule has 1 aromatic heterocycles. The van der Waals surface area contributed by atoms with Crippen molar-refractivity contribution in [2.45, 2.75) is 11.0 Å². The van der Waals surface area contributed by atoms with E-state index in [0.717, 1.165) is 0 Å². The van der Waals surface area contributed by atoms with Crippen molar-refractivity contribution in [3.05, 3.63) is 18.5 Å². The van der Waals surface area contributed by atoms with Gasteiger partial charge in [-0.25, -0.2) is 8.42 Å². The van der Waals surface area contributed by atoms with Crippen molar-refractivity contribution in [1.29, 1.82) is 0 Å². The molecule has 0 radical (unpaired) electrons. The molecule has 0 aliphatic carbocycles. The van der Waals surface area contributed by atoms with Crippen molar-refractivity contribution in [2.75, 3.05) is 13.1 Å². The molecular formula is C8H12N2O3S. The smallest absolute Gasteiger partial charge is 0.244 e. The van der Waals surface area contributed by atoms with E-state index in [0.29, 0.717) is 0 Å². The second kappa shape index (κ2) is 3.08. The van der Waals surface area contributed by atoms with Gasteiger partial charge in [0.05, 0.1) is 11.0 Å². The molecule has 5 nitrogen and oxygen atoms in total. The molecule has 2 rings (SSSR count). The topological polar surface area (TPSA) is 62.5 Å². The molecule has 1 fully saturated rings. The first kappa shape index (κ1) is 9.70. The fraction of sp³-hybridized carbons (Fsp3) is 0.500. The van der Waals surface area contributed by atoms with E-state index >= 15 is 0 Å². The van der Waals surface area contributed by atoms with Crippen molar-refractivity contribution < 1.29 is 13.5 Å². The Labute approximate surface area is 82.6 Å². The minimum absolute atomic E-state index is 0.206. The number of aliphatic hydroxyl groups is 1. The first-order chi connectivity index (χ1) is 6.50. The van der Waals surface area contributed by atoms with E-state index in [1.54, 1.807) is 30.1 Å². The Morgan fingerprint density at radius 3 is 2.57 bits per heavy atom. The molecule has 14 heavy (non-hydrogen) atoms. The lowest BCUT2D eigenvalue weighted by molar-refractivity contribution is 0.0548. The van der Waals surface area contributed by atoms with E-state index < -0.39 is 16.1 Å². The van der Waals surface area contributed by atoms with E-state index in [9.17, 15) is 8.42 Å². The maximum absolute atomic E-state index is 11.8. The quantitative estimate of drug-likeness (QED) is 0.717. The Bertz CT molecular complexity index is 431.